The Labute approximate surface area is 378 Å². The van der Waals surface area contributed by atoms with Crippen LogP contribution in [0.4, 0.5) is 0 Å². The lowest BCUT2D eigenvalue weighted by molar-refractivity contribution is -0.870. The number of hydrogen-bond acceptors (Lipinski definition) is 9. The first-order chi connectivity index (χ1) is 29.8. The zero-order chi connectivity index (χ0) is 46.0. The van der Waals surface area contributed by atoms with E-state index in [0.29, 0.717) is 36.7 Å². The number of aliphatic hydroxyl groups is 2. The molecule has 0 saturated carbocycles. The van der Waals surface area contributed by atoms with Gasteiger partial charge in [0.2, 0.25) is 0 Å². The Balaban J connectivity index is 4.54. The molecule has 0 amide bonds. The van der Waals surface area contributed by atoms with Crippen LogP contribution in [0.15, 0.2) is 60.8 Å². The summed E-state index contributed by atoms with van der Waals surface area (Å²) in [6.07, 6.45) is 43.3. The lowest BCUT2D eigenvalue weighted by atomic mass is 10.1. The Morgan fingerprint density at radius 3 is 1.65 bits per heavy atom. The number of rotatable bonds is 43. The summed E-state index contributed by atoms with van der Waals surface area (Å²) >= 11 is 0. The van der Waals surface area contributed by atoms with Crippen LogP contribution in [0.2, 0.25) is 0 Å². The SMILES string of the molecule is CCCCC/C=C\C[C@H](O)/C=C/C=C/C=C\[C@H](O)CCCC(=O)O[C@H](COC(=O)CCCCCCCCCCC/C=C\CCCCCCCC)COP(=O)(O)OCC[N+](C)(C)C. The topological polar surface area (TPSA) is 149 Å². The van der Waals surface area contributed by atoms with Gasteiger partial charge in [0.05, 0.1) is 40.0 Å². The van der Waals surface area contributed by atoms with Gasteiger partial charge in [-0.1, -0.05) is 164 Å². The number of carbonyl (C=O) groups is 2. The number of carbonyl (C=O) groups excluding carboxylic acids is 2. The van der Waals surface area contributed by atoms with Gasteiger partial charge < -0.3 is 29.1 Å². The smallest absolute Gasteiger partial charge is 0.462 e. The lowest BCUT2D eigenvalue weighted by Crippen LogP contribution is -2.37. The predicted octanol–water partition coefficient (Wildman–Crippen LogP) is 12.0. The van der Waals surface area contributed by atoms with Crippen molar-refractivity contribution in [3.8, 4) is 0 Å². The van der Waals surface area contributed by atoms with E-state index in [9.17, 15) is 29.3 Å². The summed E-state index contributed by atoms with van der Waals surface area (Å²) in [6, 6.07) is 0. The van der Waals surface area contributed by atoms with Crippen LogP contribution in [0.1, 0.15) is 181 Å². The molecule has 360 valence electrons. The Morgan fingerprint density at radius 2 is 1.06 bits per heavy atom. The Hall–Kier alpha value is -2.37. The molecule has 3 N–H and O–H groups in total. The molecule has 0 heterocycles. The highest BCUT2D eigenvalue weighted by Crippen LogP contribution is 2.43. The van der Waals surface area contributed by atoms with E-state index in [-0.39, 0.29) is 26.1 Å². The summed E-state index contributed by atoms with van der Waals surface area (Å²) in [5, 5.41) is 20.4. The van der Waals surface area contributed by atoms with Crippen molar-refractivity contribution in [3.05, 3.63) is 60.8 Å². The highest BCUT2D eigenvalue weighted by atomic mass is 31.2. The molecule has 0 fully saturated rings. The summed E-state index contributed by atoms with van der Waals surface area (Å²) < 4.78 is 34.2. The average Bonchev–Trinajstić information content (AvgIpc) is 3.21. The van der Waals surface area contributed by atoms with Gasteiger partial charge in [0, 0.05) is 12.8 Å². The number of aliphatic hydroxyl groups excluding tert-OH is 2. The summed E-state index contributed by atoms with van der Waals surface area (Å²) in [5.41, 5.74) is 0. The van der Waals surface area contributed by atoms with Gasteiger partial charge in [0.25, 0.3) is 0 Å². The van der Waals surface area contributed by atoms with E-state index in [4.69, 9.17) is 18.5 Å². The number of likely N-dealkylation sites (N-methyl/N-ethyl adjacent to an activating group) is 1. The molecular weight excluding hydrogens is 806 g/mol. The van der Waals surface area contributed by atoms with Gasteiger partial charge in [-0.2, -0.15) is 0 Å². The minimum absolute atomic E-state index is 0.0164. The van der Waals surface area contributed by atoms with Gasteiger partial charge in [0.15, 0.2) is 6.10 Å². The Kier molecular flexibility index (Phi) is 39.8. The molecule has 0 saturated heterocycles. The van der Waals surface area contributed by atoms with Crippen molar-refractivity contribution in [2.45, 2.75) is 199 Å². The first-order valence-electron chi connectivity index (χ1n) is 24.2. The Morgan fingerprint density at radius 1 is 0.581 bits per heavy atom. The molecule has 4 atom stereocenters. The van der Waals surface area contributed by atoms with Gasteiger partial charge in [-0.3, -0.25) is 18.6 Å². The molecule has 0 aromatic rings. The van der Waals surface area contributed by atoms with Crippen molar-refractivity contribution >= 4 is 19.8 Å². The quantitative estimate of drug-likeness (QED) is 0.0135. The fourth-order valence-corrected chi connectivity index (χ4v) is 7.06. The number of phosphoric ester groups is 1. The number of phosphoric acid groups is 1. The maximum Gasteiger partial charge on any atom is 0.472 e. The van der Waals surface area contributed by atoms with Gasteiger partial charge >= 0.3 is 19.8 Å². The predicted molar refractivity (Wildman–Crippen MR) is 255 cm³/mol. The van der Waals surface area contributed by atoms with Crippen molar-refractivity contribution in [1.82, 2.24) is 0 Å². The fourth-order valence-electron chi connectivity index (χ4n) is 6.32. The van der Waals surface area contributed by atoms with E-state index in [1.54, 1.807) is 36.5 Å². The third-order valence-electron chi connectivity index (χ3n) is 10.2. The van der Waals surface area contributed by atoms with Crippen LogP contribution in [0, 0.1) is 0 Å². The standard InChI is InChI=1S/C50H90NO10P/c1-6-8-10-12-14-15-16-17-18-19-20-21-22-23-24-25-26-28-34-40-49(54)58-44-48(45-60-62(56,57)59-43-42-51(3,4)5)61-50(55)41-35-39-47(53)38-33-30-29-32-37-46(52)36-31-27-13-11-9-7-2/h17-18,27,29-33,37-38,46-48,52-53H,6-16,19-26,28,34-36,39-45H2,1-5H3/p+1/b18-17-,30-29+,31-27-,37-32+,38-33-/t46-,47-,48+/m0/s1. The molecule has 11 nitrogen and oxygen atoms in total. The molecule has 0 aromatic heterocycles. The fraction of sp³-hybridized carbons (Fsp3) is 0.760. The van der Waals surface area contributed by atoms with E-state index >= 15 is 0 Å². The van der Waals surface area contributed by atoms with E-state index in [2.05, 4.69) is 32.1 Å². The molecule has 0 bridgehead atoms. The van der Waals surface area contributed by atoms with Gasteiger partial charge in [-0.05, 0) is 64.2 Å². The van der Waals surface area contributed by atoms with Crippen LogP contribution in [-0.2, 0) is 32.7 Å². The van der Waals surface area contributed by atoms with Crippen molar-refractivity contribution in [1.29, 1.82) is 0 Å². The zero-order valence-corrected chi connectivity index (χ0v) is 40.7. The third-order valence-corrected chi connectivity index (χ3v) is 11.2. The normalized spacial score (nSPS) is 15.0. The lowest BCUT2D eigenvalue weighted by Gasteiger charge is -2.24. The van der Waals surface area contributed by atoms with Crippen molar-refractivity contribution in [2.24, 2.45) is 0 Å². The second-order valence-corrected chi connectivity index (χ2v) is 19.0. The molecule has 0 aliphatic rings. The monoisotopic (exact) mass is 897 g/mol. The number of quaternary nitrogens is 1. The van der Waals surface area contributed by atoms with E-state index < -0.39 is 44.7 Å². The minimum atomic E-state index is -4.45. The molecule has 0 rings (SSSR count). The second kappa shape index (κ2) is 41.3. The highest BCUT2D eigenvalue weighted by Gasteiger charge is 2.27. The number of nitrogens with zero attached hydrogens (tertiary/aromatic N) is 1. The maximum atomic E-state index is 12.7. The molecule has 1 unspecified atom stereocenters. The van der Waals surface area contributed by atoms with Crippen molar-refractivity contribution in [2.75, 3.05) is 47.5 Å². The number of ether oxygens (including phenoxy) is 2. The molecule has 62 heavy (non-hydrogen) atoms. The average molecular weight is 897 g/mol. The molecule has 0 spiro atoms. The van der Waals surface area contributed by atoms with Crippen molar-refractivity contribution in [3.63, 3.8) is 0 Å². The first kappa shape index (κ1) is 59.6. The van der Waals surface area contributed by atoms with Crippen LogP contribution in [-0.4, -0.2) is 97.3 Å². The van der Waals surface area contributed by atoms with Gasteiger partial charge in [-0.15, -0.1) is 0 Å². The van der Waals surface area contributed by atoms with Crippen LogP contribution in [0.5, 0.6) is 0 Å². The second-order valence-electron chi connectivity index (χ2n) is 17.5. The molecule has 0 aliphatic heterocycles. The molecule has 12 heteroatoms. The van der Waals surface area contributed by atoms with Crippen molar-refractivity contribution < 1.29 is 52.3 Å². The van der Waals surface area contributed by atoms with E-state index in [0.717, 1.165) is 25.7 Å². The largest absolute Gasteiger partial charge is 0.472 e. The number of hydrogen-bond donors (Lipinski definition) is 3. The van der Waals surface area contributed by atoms with E-state index in [1.807, 2.05) is 27.2 Å². The highest BCUT2D eigenvalue weighted by molar-refractivity contribution is 7.47. The van der Waals surface area contributed by atoms with Gasteiger partial charge in [-0.25, -0.2) is 4.57 Å². The number of allylic oxidation sites excluding steroid dienone is 7. The third kappa shape index (κ3) is 44.2. The number of unbranched alkanes of at least 4 members (excludes halogenated alkanes) is 18. The molecule has 0 aliphatic carbocycles. The first-order valence-corrected chi connectivity index (χ1v) is 25.7. The Bertz CT molecular complexity index is 1270. The van der Waals surface area contributed by atoms with Crippen LogP contribution in [0.25, 0.3) is 0 Å². The van der Waals surface area contributed by atoms with Crippen LogP contribution >= 0.6 is 7.82 Å². The molecule has 0 radical (unpaired) electrons. The van der Waals surface area contributed by atoms with Gasteiger partial charge in [0.1, 0.15) is 19.8 Å². The van der Waals surface area contributed by atoms with E-state index in [1.165, 1.54) is 103 Å². The van der Waals surface area contributed by atoms with Crippen LogP contribution < -0.4 is 0 Å². The summed E-state index contributed by atoms with van der Waals surface area (Å²) in [6.45, 7) is 4.07. The number of esters is 2. The summed E-state index contributed by atoms with van der Waals surface area (Å²) in [5.74, 6) is -1.04. The molecular formula is C50H91NO10P+. The minimum Gasteiger partial charge on any atom is -0.462 e. The maximum absolute atomic E-state index is 12.7. The zero-order valence-electron chi connectivity index (χ0n) is 39.8. The summed E-state index contributed by atoms with van der Waals surface area (Å²) in [4.78, 5) is 35.5. The summed E-state index contributed by atoms with van der Waals surface area (Å²) in [7, 11) is 1.32. The molecule has 0 aromatic carbocycles. The van der Waals surface area contributed by atoms with Crippen LogP contribution in [0.3, 0.4) is 0 Å².